The fourth-order valence-electron chi connectivity index (χ4n) is 1.57. The summed E-state index contributed by atoms with van der Waals surface area (Å²) in [7, 11) is 1.29. The zero-order valence-electron chi connectivity index (χ0n) is 10.2. The van der Waals surface area contributed by atoms with Crippen molar-refractivity contribution >= 4 is 24.3 Å². The molecule has 1 fully saturated rings. The molecule has 1 aliphatic rings. The van der Waals surface area contributed by atoms with E-state index in [4.69, 9.17) is 4.74 Å². The Kier molecular flexibility index (Phi) is 7.10. The molecule has 0 aliphatic carbocycles. The molecule has 6 nitrogen and oxygen atoms in total. The average Bonchev–Trinajstić information content (AvgIpc) is 2.28. The molecular weight excluding hydrogens is 248 g/mol. The van der Waals surface area contributed by atoms with Gasteiger partial charge in [-0.25, -0.2) is 4.79 Å². The van der Waals surface area contributed by atoms with Crippen molar-refractivity contribution in [2.45, 2.75) is 32.0 Å². The fourth-order valence-corrected chi connectivity index (χ4v) is 1.57. The first-order valence-corrected chi connectivity index (χ1v) is 5.29. The van der Waals surface area contributed by atoms with Crippen LogP contribution in [0.15, 0.2) is 0 Å². The number of hydrogen-bond donors (Lipinski definition) is 2. The minimum Gasteiger partial charge on any atom is -0.467 e. The molecule has 0 radical (unpaired) electrons. The number of esters is 1. The van der Waals surface area contributed by atoms with Crippen molar-refractivity contribution in [1.29, 1.82) is 0 Å². The third-order valence-corrected chi connectivity index (χ3v) is 2.51. The van der Waals surface area contributed by atoms with Crippen molar-refractivity contribution in [2.75, 3.05) is 20.3 Å². The van der Waals surface area contributed by atoms with Gasteiger partial charge in [-0.3, -0.25) is 4.79 Å². The van der Waals surface area contributed by atoms with Gasteiger partial charge in [-0.1, -0.05) is 0 Å². The number of carbonyl (C=O) groups is 2. The van der Waals surface area contributed by atoms with Crippen LogP contribution in [0.5, 0.6) is 0 Å². The third-order valence-electron chi connectivity index (χ3n) is 2.51. The second-order valence-corrected chi connectivity index (χ2v) is 3.76. The largest absolute Gasteiger partial charge is 0.467 e. The molecule has 1 amide bonds. The first kappa shape index (κ1) is 16.1. The lowest BCUT2D eigenvalue weighted by Crippen LogP contribution is -2.57. The van der Waals surface area contributed by atoms with Crippen molar-refractivity contribution < 1.29 is 19.1 Å². The van der Waals surface area contributed by atoms with Crippen molar-refractivity contribution in [3.63, 3.8) is 0 Å². The van der Waals surface area contributed by atoms with Gasteiger partial charge in [-0.15, -0.1) is 12.4 Å². The number of rotatable bonds is 3. The molecular formula is C10H19ClN2O4. The van der Waals surface area contributed by atoms with Crippen LogP contribution in [0, 0.1) is 0 Å². The lowest BCUT2D eigenvalue weighted by atomic mass is 10.1. The summed E-state index contributed by atoms with van der Waals surface area (Å²) in [5.41, 5.74) is 0. The van der Waals surface area contributed by atoms with Crippen molar-refractivity contribution in [2.24, 2.45) is 0 Å². The maximum atomic E-state index is 11.8. The normalized spacial score (nSPS) is 25.4. The second-order valence-electron chi connectivity index (χ2n) is 3.76. The highest BCUT2D eigenvalue weighted by atomic mass is 35.5. The predicted molar refractivity (Wildman–Crippen MR) is 64.1 cm³/mol. The number of methoxy groups -OCH3 is 1. The molecule has 1 saturated heterocycles. The number of amides is 1. The van der Waals surface area contributed by atoms with Crippen LogP contribution < -0.4 is 10.6 Å². The molecule has 3 atom stereocenters. The van der Waals surface area contributed by atoms with Crippen molar-refractivity contribution in [3.8, 4) is 0 Å². The van der Waals surface area contributed by atoms with E-state index in [2.05, 4.69) is 15.4 Å². The van der Waals surface area contributed by atoms with Gasteiger partial charge in [0, 0.05) is 6.54 Å². The third kappa shape index (κ3) is 4.49. The zero-order chi connectivity index (χ0) is 12.1. The van der Waals surface area contributed by atoms with Crippen LogP contribution >= 0.6 is 12.4 Å². The molecule has 0 unspecified atom stereocenters. The quantitative estimate of drug-likeness (QED) is 0.671. The molecule has 0 aromatic rings. The summed E-state index contributed by atoms with van der Waals surface area (Å²) in [5.74, 6) is -0.706. The first-order chi connectivity index (χ1) is 7.56. The summed E-state index contributed by atoms with van der Waals surface area (Å²) in [6, 6.07) is -1.06. The fraction of sp³-hybridized carbons (Fsp3) is 0.800. The van der Waals surface area contributed by atoms with Crippen molar-refractivity contribution in [3.05, 3.63) is 0 Å². The number of halogens is 1. The van der Waals surface area contributed by atoms with Crippen LogP contribution in [0.4, 0.5) is 0 Å². The summed E-state index contributed by atoms with van der Waals surface area (Å²) in [4.78, 5) is 22.9. The molecule has 0 bridgehead atoms. The lowest BCUT2D eigenvalue weighted by molar-refractivity contribution is -0.145. The van der Waals surface area contributed by atoms with Gasteiger partial charge in [-0.05, 0) is 13.8 Å². The summed E-state index contributed by atoms with van der Waals surface area (Å²) in [6.07, 6.45) is -0.196. The summed E-state index contributed by atoms with van der Waals surface area (Å²) in [5, 5.41) is 5.62. The Bertz CT molecular complexity index is 275. The molecule has 100 valence electrons. The molecule has 0 aromatic carbocycles. The molecule has 0 saturated carbocycles. The van der Waals surface area contributed by atoms with E-state index in [9.17, 15) is 9.59 Å². The standard InChI is InChI=1S/C10H18N2O4.ClH/c1-6(10(14)15-3)12-9(13)8-7(2)16-5-4-11-8;/h6-8,11H,4-5H2,1-3H3,(H,12,13);1H/t6-,7+,8-;/m0./s1. The van der Waals surface area contributed by atoms with E-state index < -0.39 is 18.1 Å². The molecule has 1 heterocycles. The summed E-state index contributed by atoms with van der Waals surface area (Å²) < 4.78 is 9.86. The number of nitrogens with one attached hydrogen (secondary N) is 2. The van der Waals surface area contributed by atoms with E-state index in [1.54, 1.807) is 6.92 Å². The molecule has 0 aromatic heterocycles. The lowest BCUT2D eigenvalue weighted by Gasteiger charge is -2.29. The Hall–Kier alpha value is -0.850. The highest BCUT2D eigenvalue weighted by Gasteiger charge is 2.30. The Labute approximate surface area is 107 Å². The Balaban J connectivity index is 0.00000256. The molecule has 7 heteroatoms. The van der Waals surface area contributed by atoms with Crippen LogP contribution in [0.3, 0.4) is 0 Å². The van der Waals surface area contributed by atoms with Gasteiger partial charge in [0.15, 0.2) is 0 Å². The van der Waals surface area contributed by atoms with E-state index in [-0.39, 0.29) is 24.4 Å². The Morgan fingerprint density at radius 3 is 2.71 bits per heavy atom. The first-order valence-electron chi connectivity index (χ1n) is 5.29. The highest BCUT2D eigenvalue weighted by Crippen LogP contribution is 2.04. The molecule has 17 heavy (non-hydrogen) atoms. The van der Waals surface area contributed by atoms with E-state index in [0.29, 0.717) is 13.2 Å². The number of ether oxygens (including phenoxy) is 2. The maximum absolute atomic E-state index is 11.8. The maximum Gasteiger partial charge on any atom is 0.328 e. The number of hydrogen-bond acceptors (Lipinski definition) is 5. The van der Waals surface area contributed by atoms with Gasteiger partial charge in [0.1, 0.15) is 12.1 Å². The van der Waals surface area contributed by atoms with Gasteiger partial charge in [-0.2, -0.15) is 0 Å². The Morgan fingerprint density at radius 2 is 2.18 bits per heavy atom. The van der Waals surface area contributed by atoms with Gasteiger partial charge in [0.05, 0.1) is 19.8 Å². The van der Waals surface area contributed by atoms with E-state index >= 15 is 0 Å². The molecule has 0 spiro atoms. The van der Waals surface area contributed by atoms with E-state index in [0.717, 1.165) is 0 Å². The van der Waals surface area contributed by atoms with Crippen LogP contribution in [0.25, 0.3) is 0 Å². The number of carbonyl (C=O) groups excluding carboxylic acids is 2. The SMILES string of the molecule is COC(=O)[C@H](C)NC(=O)[C@H]1NCCO[C@@H]1C.Cl. The Morgan fingerprint density at radius 1 is 1.53 bits per heavy atom. The topological polar surface area (TPSA) is 76.7 Å². The monoisotopic (exact) mass is 266 g/mol. The van der Waals surface area contributed by atoms with Gasteiger partial charge >= 0.3 is 5.97 Å². The molecule has 1 aliphatic heterocycles. The van der Waals surface area contributed by atoms with Gasteiger partial charge in [0.2, 0.25) is 5.91 Å². The molecule has 1 rings (SSSR count). The van der Waals surface area contributed by atoms with Crippen LogP contribution in [0.2, 0.25) is 0 Å². The van der Waals surface area contributed by atoms with Crippen LogP contribution in [-0.4, -0.2) is 50.3 Å². The zero-order valence-corrected chi connectivity index (χ0v) is 11.0. The highest BCUT2D eigenvalue weighted by molar-refractivity contribution is 5.87. The summed E-state index contributed by atoms with van der Waals surface area (Å²) >= 11 is 0. The van der Waals surface area contributed by atoms with Gasteiger partial charge < -0.3 is 20.1 Å². The van der Waals surface area contributed by atoms with E-state index in [1.807, 2.05) is 6.92 Å². The smallest absolute Gasteiger partial charge is 0.328 e. The number of morpholine rings is 1. The van der Waals surface area contributed by atoms with Crippen LogP contribution in [-0.2, 0) is 19.1 Å². The van der Waals surface area contributed by atoms with Gasteiger partial charge in [0.25, 0.3) is 0 Å². The average molecular weight is 267 g/mol. The predicted octanol–water partition coefficient (Wildman–Crippen LogP) is -0.537. The van der Waals surface area contributed by atoms with E-state index in [1.165, 1.54) is 7.11 Å². The summed E-state index contributed by atoms with van der Waals surface area (Å²) in [6.45, 7) is 4.63. The van der Waals surface area contributed by atoms with Crippen molar-refractivity contribution in [1.82, 2.24) is 10.6 Å². The minimum atomic E-state index is -0.645. The minimum absolute atomic E-state index is 0. The molecule has 2 N–H and O–H groups in total. The second kappa shape index (κ2) is 7.47. The van der Waals surface area contributed by atoms with Crippen LogP contribution in [0.1, 0.15) is 13.8 Å².